The molecule has 0 saturated carbocycles. The molecule has 0 amide bonds. The molecule has 0 bridgehead atoms. The van der Waals surface area contributed by atoms with Crippen molar-refractivity contribution < 1.29 is 4.74 Å². The first kappa shape index (κ1) is 10.9. The summed E-state index contributed by atoms with van der Waals surface area (Å²) in [4.78, 5) is 0. The highest BCUT2D eigenvalue weighted by Crippen LogP contribution is 2.36. The minimum Gasteiger partial charge on any atom is -0.381 e. The van der Waals surface area contributed by atoms with Gasteiger partial charge in [-0.2, -0.15) is 5.10 Å². The molecule has 0 unspecified atom stereocenters. The second kappa shape index (κ2) is 3.91. The van der Waals surface area contributed by atoms with E-state index in [0.29, 0.717) is 5.41 Å². The molecule has 0 aromatic carbocycles. The Kier molecular flexibility index (Phi) is 2.50. The summed E-state index contributed by atoms with van der Waals surface area (Å²) in [6, 6.07) is 0. The third-order valence-electron chi connectivity index (χ3n) is 4.05. The maximum Gasteiger partial charge on any atom is 0.148 e. The molecule has 2 aliphatic rings. The van der Waals surface area contributed by atoms with Gasteiger partial charge < -0.3 is 15.4 Å². The molecule has 0 aliphatic carbocycles. The fraction of sp³-hybridized carbons (Fsp3) is 0.750. The maximum atomic E-state index is 5.47. The van der Waals surface area contributed by atoms with E-state index in [0.717, 1.165) is 56.3 Å². The minimum absolute atomic E-state index is 0.337. The first-order valence-corrected chi connectivity index (χ1v) is 6.29. The summed E-state index contributed by atoms with van der Waals surface area (Å²) in [5.74, 6) is 1.12. The standard InChI is InChI=1S/C12H20N4O/c1-9-10-11(16(2)15-9)14-8-12(7-13-10)3-5-17-6-4-12/h13-14H,3-8H2,1-2H3. The molecule has 5 nitrogen and oxygen atoms in total. The lowest BCUT2D eigenvalue weighted by Gasteiger charge is -2.36. The number of fused-ring (bicyclic) bond motifs is 1. The van der Waals surface area contributed by atoms with E-state index in [1.165, 1.54) is 0 Å². The number of aromatic nitrogens is 2. The van der Waals surface area contributed by atoms with Gasteiger partial charge in [-0.3, -0.25) is 4.68 Å². The van der Waals surface area contributed by atoms with E-state index >= 15 is 0 Å². The molecular formula is C12H20N4O. The van der Waals surface area contributed by atoms with Crippen LogP contribution in [0.4, 0.5) is 11.5 Å². The number of nitrogens with zero attached hydrogens (tertiary/aromatic N) is 2. The first-order chi connectivity index (χ1) is 8.20. The molecule has 3 heterocycles. The number of aryl methyl sites for hydroxylation is 2. The van der Waals surface area contributed by atoms with Crippen molar-refractivity contribution in [3.63, 3.8) is 0 Å². The fourth-order valence-electron chi connectivity index (χ4n) is 2.84. The number of nitrogens with one attached hydrogen (secondary N) is 2. The Balaban J connectivity index is 1.85. The van der Waals surface area contributed by atoms with Crippen LogP contribution in [0.2, 0.25) is 0 Å². The fourth-order valence-corrected chi connectivity index (χ4v) is 2.84. The van der Waals surface area contributed by atoms with E-state index in [2.05, 4.69) is 22.7 Å². The van der Waals surface area contributed by atoms with Crippen molar-refractivity contribution in [1.29, 1.82) is 0 Å². The Morgan fingerprint density at radius 3 is 2.71 bits per heavy atom. The molecule has 17 heavy (non-hydrogen) atoms. The summed E-state index contributed by atoms with van der Waals surface area (Å²) in [6.45, 7) is 5.85. The average Bonchev–Trinajstić information content (AvgIpc) is 2.49. The van der Waals surface area contributed by atoms with E-state index in [1.807, 2.05) is 11.7 Å². The third-order valence-corrected chi connectivity index (χ3v) is 4.05. The van der Waals surface area contributed by atoms with Crippen LogP contribution < -0.4 is 10.6 Å². The predicted molar refractivity (Wildman–Crippen MR) is 67.4 cm³/mol. The zero-order valence-electron chi connectivity index (χ0n) is 10.5. The van der Waals surface area contributed by atoms with Crippen LogP contribution >= 0.6 is 0 Å². The molecule has 1 aromatic heterocycles. The molecule has 2 aliphatic heterocycles. The zero-order valence-corrected chi connectivity index (χ0v) is 10.5. The number of rotatable bonds is 0. The highest BCUT2D eigenvalue weighted by molar-refractivity contribution is 5.69. The Morgan fingerprint density at radius 1 is 1.24 bits per heavy atom. The van der Waals surface area contributed by atoms with Gasteiger partial charge >= 0.3 is 0 Å². The smallest absolute Gasteiger partial charge is 0.148 e. The number of ether oxygens (including phenoxy) is 1. The quantitative estimate of drug-likeness (QED) is 0.714. The molecule has 0 radical (unpaired) electrons. The van der Waals surface area contributed by atoms with Gasteiger partial charge in [0, 0.05) is 38.8 Å². The summed E-state index contributed by atoms with van der Waals surface area (Å²) in [7, 11) is 1.99. The van der Waals surface area contributed by atoms with E-state index in [-0.39, 0.29) is 0 Å². The molecule has 1 saturated heterocycles. The topological polar surface area (TPSA) is 51.1 Å². The van der Waals surface area contributed by atoms with E-state index in [4.69, 9.17) is 4.74 Å². The van der Waals surface area contributed by atoms with Crippen LogP contribution in [0.3, 0.4) is 0 Å². The van der Waals surface area contributed by atoms with Gasteiger partial charge in [-0.25, -0.2) is 0 Å². The molecule has 1 aromatic rings. The summed E-state index contributed by atoms with van der Waals surface area (Å²) < 4.78 is 7.40. The summed E-state index contributed by atoms with van der Waals surface area (Å²) >= 11 is 0. The third kappa shape index (κ3) is 1.78. The Bertz CT molecular complexity index is 390. The summed E-state index contributed by atoms with van der Waals surface area (Å²) in [5, 5.41) is 11.6. The monoisotopic (exact) mass is 236 g/mol. The van der Waals surface area contributed by atoms with Crippen LogP contribution in [-0.4, -0.2) is 36.1 Å². The van der Waals surface area contributed by atoms with Crippen LogP contribution in [0.5, 0.6) is 0 Å². The molecule has 2 N–H and O–H groups in total. The predicted octanol–water partition coefficient (Wildman–Crippen LogP) is 1.36. The number of hydrogen-bond donors (Lipinski definition) is 2. The van der Waals surface area contributed by atoms with Crippen LogP contribution in [-0.2, 0) is 11.8 Å². The van der Waals surface area contributed by atoms with Crippen molar-refractivity contribution in [3.05, 3.63) is 5.69 Å². The van der Waals surface area contributed by atoms with Crippen molar-refractivity contribution in [2.24, 2.45) is 12.5 Å². The molecule has 1 fully saturated rings. The second-order valence-corrected chi connectivity index (χ2v) is 5.25. The van der Waals surface area contributed by atoms with Crippen LogP contribution in [0.25, 0.3) is 0 Å². The van der Waals surface area contributed by atoms with Crippen LogP contribution in [0.15, 0.2) is 0 Å². The Morgan fingerprint density at radius 2 is 1.94 bits per heavy atom. The molecule has 0 atom stereocenters. The van der Waals surface area contributed by atoms with Gasteiger partial charge in [0.25, 0.3) is 0 Å². The van der Waals surface area contributed by atoms with Gasteiger partial charge in [0.2, 0.25) is 0 Å². The highest BCUT2D eigenvalue weighted by Gasteiger charge is 2.35. The van der Waals surface area contributed by atoms with Gasteiger partial charge in [0.15, 0.2) is 0 Å². The van der Waals surface area contributed by atoms with Crippen molar-refractivity contribution >= 4 is 11.5 Å². The highest BCUT2D eigenvalue weighted by atomic mass is 16.5. The SMILES string of the molecule is Cc1nn(C)c2c1NCC1(CCOCC1)CN2. The lowest BCUT2D eigenvalue weighted by molar-refractivity contribution is 0.0276. The van der Waals surface area contributed by atoms with Crippen molar-refractivity contribution in [2.75, 3.05) is 36.9 Å². The summed E-state index contributed by atoms with van der Waals surface area (Å²) in [6.07, 6.45) is 2.26. The van der Waals surface area contributed by atoms with Gasteiger partial charge in [0.1, 0.15) is 11.5 Å². The average molecular weight is 236 g/mol. The van der Waals surface area contributed by atoms with Gasteiger partial charge in [0.05, 0.1) is 5.69 Å². The first-order valence-electron chi connectivity index (χ1n) is 6.29. The number of anilines is 2. The molecule has 5 heteroatoms. The summed E-state index contributed by atoms with van der Waals surface area (Å²) in [5.41, 5.74) is 2.57. The minimum atomic E-state index is 0.337. The van der Waals surface area contributed by atoms with E-state index < -0.39 is 0 Å². The zero-order chi connectivity index (χ0) is 11.9. The van der Waals surface area contributed by atoms with Gasteiger partial charge in [-0.05, 0) is 19.8 Å². The van der Waals surface area contributed by atoms with Crippen molar-refractivity contribution in [1.82, 2.24) is 9.78 Å². The number of hydrogen-bond acceptors (Lipinski definition) is 4. The van der Waals surface area contributed by atoms with E-state index in [1.54, 1.807) is 0 Å². The maximum absolute atomic E-state index is 5.47. The largest absolute Gasteiger partial charge is 0.381 e. The normalized spacial score (nSPS) is 22.5. The van der Waals surface area contributed by atoms with Crippen LogP contribution in [0.1, 0.15) is 18.5 Å². The lowest BCUT2D eigenvalue weighted by Crippen LogP contribution is -2.40. The second-order valence-electron chi connectivity index (χ2n) is 5.25. The molecular weight excluding hydrogens is 216 g/mol. The van der Waals surface area contributed by atoms with E-state index in [9.17, 15) is 0 Å². The molecule has 3 rings (SSSR count). The van der Waals surface area contributed by atoms with Crippen molar-refractivity contribution in [2.45, 2.75) is 19.8 Å². The molecule has 94 valence electrons. The van der Waals surface area contributed by atoms with Gasteiger partial charge in [-0.1, -0.05) is 0 Å². The molecule has 1 spiro atoms. The van der Waals surface area contributed by atoms with Crippen molar-refractivity contribution in [3.8, 4) is 0 Å². The Labute approximate surface area is 102 Å². The Hall–Kier alpha value is -1.23. The van der Waals surface area contributed by atoms with Gasteiger partial charge in [-0.15, -0.1) is 0 Å². The lowest BCUT2D eigenvalue weighted by atomic mass is 9.80. The van der Waals surface area contributed by atoms with Crippen LogP contribution in [0, 0.1) is 12.3 Å².